The maximum absolute atomic E-state index is 12.7. The average molecular weight is 430 g/mol. The number of alkyl halides is 3. The number of benzene rings is 1. The highest BCUT2D eigenvalue weighted by atomic mass is 32.2. The molecule has 0 aliphatic rings. The molecular weight excluding hydrogens is 409 g/mol. The summed E-state index contributed by atoms with van der Waals surface area (Å²) in [5.41, 5.74) is -0.0125. The van der Waals surface area contributed by atoms with Crippen LogP contribution in [0.4, 0.5) is 13.2 Å². The Hall–Kier alpha value is -2.62. The number of hydrogen-bond acceptors (Lipinski definition) is 5. The monoisotopic (exact) mass is 430 g/mol. The van der Waals surface area contributed by atoms with Crippen LogP contribution in [0.1, 0.15) is 25.0 Å². The highest BCUT2D eigenvalue weighted by Crippen LogP contribution is 2.30. The Morgan fingerprint density at radius 3 is 2.24 bits per heavy atom. The van der Waals surface area contributed by atoms with Crippen LogP contribution in [0.2, 0.25) is 0 Å². The minimum Gasteiger partial charge on any atom is -0.492 e. The first kappa shape index (κ1) is 22.7. The number of pyridine rings is 1. The second-order valence-electron chi connectivity index (χ2n) is 6.81. The molecule has 0 unspecified atom stereocenters. The van der Waals surface area contributed by atoms with Crippen LogP contribution in [0.3, 0.4) is 0 Å². The largest absolute Gasteiger partial charge is 0.492 e. The normalized spacial score (nSPS) is 12.5. The van der Waals surface area contributed by atoms with Crippen LogP contribution in [0.15, 0.2) is 47.6 Å². The third kappa shape index (κ3) is 5.26. The van der Waals surface area contributed by atoms with Crippen LogP contribution in [0.5, 0.6) is 5.75 Å². The van der Waals surface area contributed by atoms with Crippen molar-refractivity contribution in [2.24, 2.45) is 0 Å². The molecule has 10 heteroatoms. The molecular formula is C19H21F3N2O4S. The molecule has 1 N–H and O–H groups in total. The smallest absolute Gasteiger partial charge is 0.417 e. The molecule has 0 radical (unpaired) electrons. The average Bonchev–Trinajstić information content (AvgIpc) is 2.65. The van der Waals surface area contributed by atoms with Crippen molar-refractivity contribution in [3.8, 4) is 5.75 Å². The predicted molar refractivity (Wildman–Crippen MR) is 100 cm³/mol. The number of ether oxygens (including phenoxy) is 1. The van der Waals surface area contributed by atoms with E-state index in [0.717, 1.165) is 25.5 Å². The summed E-state index contributed by atoms with van der Waals surface area (Å²) in [7, 11) is -4.33. The van der Waals surface area contributed by atoms with Gasteiger partial charge in [-0.25, -0.2) is 13.4 Å². The molecule has 0 aliphatic carbocycles. The molecule has 0 aliphatic heterocycles. The van der Waals surface area contributed by atoms with E-state index in [1.165, 1.54) is 0 Å². The van der Waals surface area contributed by atoms with Crippen molar-refractivity contribution in [3.05, 3.63) is 53.7 Å². The van der Waals surface area contributed by atoms with E-state index in [4.69, 9.17) is 4.74 Å². The fourth-order valence-corrected chi connectivity index (χ4v) is 3.55. The van der Waals surface area contributed by atoms with Gasteiger partial charge >= 0.3 is 6.18 Å². The molecule has 158 valence electrons. The molecule has 6 nitrogen and oxygen atoms in total. The Morgan fingerprint density at radius 2 is 1.72 bits per heavy atom. The number of aryl methyl sites for hydroxylation is 1. The Labute approximate surface area is 167 Å². The van der Waals surface area contributed by atoms with Gasteiger partial charge in [0.1, 0.15) is 12.4 Å². The minimum atomic E-state index is -4.64. The summed E-state index contributed by atoms with van der Waals surface area (Å²) in [5, 5.41) is 1.86. The summed E-state index contributed by atoms with van der Waals surface area (Å²) in [6, 6.07) is 8.61. The lowest BCUT2D eigenvalue weighted by Gasteiger charge is -2.23. The molecule has 29 heavy (non-hydrogen) atoms. The van der Waals surface area contributed by atoms with Crippen molar-refractivity contribution in [1.82, 2.24) is 10.3 Å². The third-order valence-corrected chi connectivity index (χ3v) is 6.56. The number of aromatic nitrogens is 1. The van der Waals surface area contributed by atoms with Crippen LogP contribution < -0.4 is 10.1 Å². The maximum Gasteiger partial charge on any atom is 0.417 e. The first-order chi connectivity index (χ1) is 13.4. The fourth-order valence-electron chi connectivity index (χ4n) is 2.27. The quantitative estimate of drug-likeness (QED) is 0.682. The van der Waals surface area contributed by atoms with Crippen molar-refractivity contribution in [1.29, 1.82) is 0 Å². The summed E-state index contributed by atoms with van der Waals surface area (Å²) < 4.78 is 66.8. The topological polar surface area (TPSA) is 85.4 Å². The van der Waals surface area contributed by atoms with E-state index in [-0.39, 0.29) is 13.2 Å². The van der Waals surface area contributed by atoms with Gasteiger partial charge in [-0.05, 0) is 45.0 Å². The highest BCUT2D eigenvalue weighted by molar-refractivity contribution is 7.93. The Morgan fingerprint density at radius 1 is 1.10 bits per heavy atom. The Balaban J connectivity index is 2.01. The standard InChI is InChI=1S/C19H21F3N2O4S/c1-13-4-7-15(8-5-13)28-11-10-23-17(25)18(2,3)29(26,27)16-9-6-14(12-24-16)19(20,21)22/h4-9,12H,10-11H2,1-3H3,(H,23,25). The lowest BCUT2D eigenvalue weighted by molar-refractivity contribution is -0.137. The molecule has 1 aromatic carbocycles. The molecule has 1 amide bonds. The van der Waals surface area contributed by atoms with Gasteiger partial charge in [0.05, 0.1) is 12.1 Å². The first-order valence-corrected chi connectivity index (χ1v) is 10.1. The van der Waals surface area contributed by atoms with Gasteiger partial charge in [-0.15, -0.1) is 0 Å². The van der Waals surface area contributed by atoms with Crippen LogP contribution in [0.25, 0.3) is 0 Å². The maximum atomic E-state index is 12.7. The predicted octanol–water partition coefficient (Wildman–Crippen LogP) is 3.16. The van der Waals surface area contributed by atoms with E-state index < -0.39 is 37.3 Å². The molecule has 1 heterocycles. The number of rotatable bonds is 7. The van der Waals surface area contributed by atoms with Crippen molar-refractivity contribution in [2.75, 3.05) is 13.2 Å². The minimum absolute atomic E-state index is 0.0477. The first-order valence-electron chi connectivity index (χ1n) is 8.61. The van der Waals surface area contributed by atoms with Crippen molar-refractivity contribution in [3.63, 3.8) is 0 Å². The van der Waals surface area contributed by atoms with Gasteiger partial charge in [-0.3, -0.25) is 4.79 Å². The second kappa shape index (κ2) is 8.40. The Kier molecular flexibility index (Phi) is 6.56. The molecule has 1 aromatic heterocycles. The van der Waals surface area contributed by atoms with Crippen LogP contribution in [-0.2, 0) is 20.8 Å². The number of halogens is 3. The molecule has 2 aromatic rings. The zero-order chi connectivity index (χ0) is 21.9. The summed E-state index contributed by atoms with van der Waals surface area (Å²) in [5.74, 6) is -0.211. The lowest BCUT2D eigenvalue weighted by Crippen LogP contribution is -2.49. The number of nitrogens with one attached hydrogen (secondary N) is 1. The SMILES string of the molecule is Cc1ccc(OCCNC(=O)C(C)(C)S(=O)(=O)c2ccc(C(F)(F)F)cn2)cc1. The molecule has 0 spiro atoms. The molecule has 2 rings (SSSR count). The van der Waals surface area contributed by atoms with Crippen LogP contribution in [0, 0.1) is 6.92 Å². The van der Waals surface area contributed by atoms with Crippen LogP contribution >= 0.6 is 0 Å². The van der Waals surface area contributed by atoms with Gasteiger partial charge in [0.15, 0.2) is 9.77 Å². The third-order valence-electron chi connectivity index (χ3n) is 4.23. The zero-order valence-electron chi connectivity index (χ0n) is 16.1. The van der Waals surface area contributed by atoms with Crippen molar-refractivity contribution >= 4 is 15.7 Å². The van der Waals surface area contributed by atoms with E-state index in [1.54, 1.807) is 12.1 Å². The van der Waals surface area contributed by atoms with Gasteiger partial charge < -0.3 is 10.1 Å². The molecule has 0 atom stereocenters. The Bertz CT molecular complexity index is 954. The summed E-state index contributed by atoms with van der Waals surface area (Å²) >= 11 is 0. The van der Waals surface area contributed by atoms with E-state index in [2.05, 4.69) is 10.3 Å². The number of sulfone groups is 1. The number of carbonyl (C=O) groups excluding carboxylic acids is 1. The van der Waals surface area contributed by atoms with E-state index >= 15 is 0 Å². The van der Waals surface area contributed by atoms with E-state index in [0.29, 0.717) is 18.0 Å². The highest BCUT2D eigenvalue weighted by Gasteiger charge is 2.44. The van der Waals surface area contributed by atoms with Gasteiger partial charge in [0.2, 0.25) is 15.7 Å². The van der Waals surface area contributed by atoms with Gasteiger partial charge in [0.25, 0.3) is 0 Å². The summed E-state index contributed by atoms with van der Waals surface area (Å²) in [6.07, 6.45) is -4.21. The summed E-state index contributed by atoms with van der Waals surface area (Å²) in [4.78, 5) is 15.8. The number of hydrogen-bond donors (Lipinski definition) is 1. The lowest BCUT2D eigenvalue weighted by atomic mass is 10.2. The summed E-state index contributed by atoms with van der Waals surface area (Å²) in [6.45, 7) is 4.42. The fraction of sp³-hybridized carbons (Fsp3) is 0.368. The van der Waals surface area contributed by atoms with Crippen LogP contribution in [-0.4, -0.2) is 37.2 Å². The van der Waals surface area contributed by atoms with Gasteiger partial charge in [0, 0.05) is 6.20 Å². The zero-order valence-corrected chi connectivity index (χ0v) is 16.9. The molecule has 0 fully saturated rings. The number of nitrogens with zero attached hydrogens (tertiary/aromatic N) is 1. The van der Waals surface area contributed by atoms with Crippen molar-refractivity contribution in [2.45, 2.75) is 36.7 Å². The molecule has 0 bridgehead atoms. The second-order valence-corrected chi connectivity index (χ2v) is 9.26. The molecule has 0 saturated carbocycles. The number of amides is 1. The number of carbonyl (C=O) groups is 1. The van der Waals surface area contributed by atoms with E-state index in [9.17, 15) is 26.4 Å². The van der Waals surface area contributed by atoms with Crippen molar-refractivity contribution < 1.29 is 31.1 Å². The van der Waals surface area contributed by atoms with E-state index in [1.807, 2.05) is 19.1 Å². The van der Waals surface area contributed by atoms with Gasteiger partial charge in [-0.2, -0.15) is 13.2 Å². The molecule has 0 saturated heterocycles. The van der Waals surface area contributed by atoms with Gasteiger partial charge in [-0.1, -0.05) is 17.7 Å².